The summed E-state index contributed by atoms with van der Waals surface area (Å²) in [6, 6.07) is 2.15. The Morgan fingerprint density at radius 1 is 1.47 bits per heavy atom. The molecule has 0 saturated carbocycles. The number of nitrogens with one attached hydrogen (secondary N) is 1. The van der Waals surface area contributed by atoms with E-state index in [0.29, 0.717) is 0 Å². The summed E-state index contributed by atoms with van der Waals surface area (Å²) in [6.45, 7) is 1.58. The fourth-order valence-corrected chi connectivity index (χ4v) is 2.98. The van der Waals surface area contributed by atoms with Crippen LogP contribution in [-0.4, -0.2) is 30.8 Å². The first-order valence-corrected chi connectivity index (χ1v) is 7.07. The summed E-state index contributed by atoms with van der Waals surface area (Å²) in [4.78, 5) is 20.2. The van der Waals surface area contributed by atoms with E-state index in [9.17, 15) is 23.3 Å². The third kappa shape index (κ3) is 3.19. The van der Waals surface area contributed by atoms with Crippen molar-refractivity contribution in [3.05, 3.63) is 27.8 Å². The lowest BCUT2D eigenvalue weighted by molar-refractivity contribution is -0.387. The van der Waals surface area contributed by atoms with Gasteiger partial charge in [-0.2, -0.15) is 0 Å². The number of hydrogen-bond donors (Lipinski definition) is 2. The number of amides is 1. The van der Waals surface area contributed by atoms with Crippen molar-refractivity contribution in [3.8, 4) is 0 Å². The number of carbonyl (C=O) groups is 1. The highest BCUT2D eigenvalue weighted by atomic mass is 32.2. The van der Waals surface area contributed by atoms with Crippen LogP contribution in [0.15, 0.2) is 17.0 Å². The average Bonchev–Trinajstić information content (AvgIpc) is 2.25. The van der Waals surface area contributed by atoms with Crippen LogP contribution in [0.2, 0.25) is 0 Å². The van der Waals surface area contributed by atoms with Gasteiger partial charge in [-0.15, -0.1) is 0 Å². The molecule has 1 aromatic rings. The van der Waals surface area contributed by atoms with E-state index < -0.39 is 31.4 Å². The van der Waals surface area contributed by atoms with Crippen LogP contribution in [-0.2, 0) is 16.3 Å². The second-order valence-corrected chi connectivity index (χ2v) is 5.71. The molecule has 0 heterocycles. The molecule has 2 N–H and O–H groups in total. The normalized spacial score (nSPS) is 11.1. The molecule has 19 heavy (non-hydrogen) atoms. The molecule has 0 unspecified atom stereocenters. The lowest BCUT2D eigenvalue weighted by atomic mass is 10.1. The first-order chi connectivity index (χ1) is 8.68. The van der Waals surface area contributed by atoms with Crippen molar-refractivity contribution in [1.29, 1.82) is 0 Å². The molecule has 0 aliphatic heterocycles. The van der Waals surface area contributed by atoms with Gasteiger partial charge in [0.05, 0.1) is 4.92 Å². The van der Waals surface area contributed by atoms with Gasteiger partial charge in [-0.3, -0.25) is 15.4 Å². The first-order valence-electron chi connectivity index (χ1n) is 5.18. The van der Waals surface area contributed by atoms with Gasteiger partial charge in [-0.05, 0) is 12.5 Å². The van der Waals surface area contributed by atoms with E-state index in [2.05, 4.69) is 0 Å². The van der Waals surface area contributed by atoms with Gasteiger partial charge in [0, 0.05) is 23.6 Å². The Balaban J connectivity index is 3.69. The third-order valence-electron chi connectivity index (χ3n) is 2.40. The molecule has 104 valence electrons. The molecule has 1 amide bonds. The van der Waals surface area contributed by atoms with E-state index in [-0.39, 0.29) is 17.7 Å². The van der Waals surface area contributed by atoms with Gasteiger partial charge in [0.1, 0.15) is 4.90 Å². The molecule has 1 rings (SSSR count). The van der Waals surface area contributed by atoms with Crippen LogP contribution in [0.3, 0.4) is 0 Å². The van der Waals surface area contributed by atoms with Crippen molar-refractivity contribution in [2.24, 2.45) is 0 Å². The molecule has 0 aliphatic carbocycles. The van der Waals surface area contributed by atoms with Crippen LogP contribution in [0.5, 0.6) is 0 Å². The molecule has 0 atom stereocenters. The second-order valence-electron chi connectivity index (χ2n) is 3.75. The lowest BCUT2D eigenvalue weighted by Crippen LogP contribution is -2.13. The van der Waals surface area contributed by atoms with E-state index in [1.807, 2.05) is 5.32 Å². The number of nitrogens with zero attached hydrogens (tertiary/aromatic N) is 1. The Morgan fingerprint density at radius 2 is 2.05 bits per heavy atom. The number of benzene rings is 1. The molecular formula is C10H12N2O6S. The largest absolute Gasteiger partial charge is 0.465 e. The van der Waals surface area contributed by atoms with E-state index >= 15 is 0 Å². The number of carboxylic acid groups (broad SMARTS) is 1. The van der Waals surface area contributed by atoms with E-state index in [1.54, 1.807) is 6.92 Å². The number of sulfone groups is 1. The fourth-order valence-electron chi connectivity index (χ4n) is 1.76. The summed E-state index contributed by atoms with van der Waals surface area (Å²) in [5.41, 5.74) is -0.449. The van der Waals surface area contributed by atoms with E-state index in [1.165, 1.54) is 6.07 Å². The molecule has 1 aromatic carbocycles. The number of nitro benzene ring substituents is 1. The van der Waals surface area contributed by atoms with Crippen LogP contribution < -0.4 is 5.32 Å². The minimum absolute atomic E-state index is 0.0287. The van der Waals surface area contributed by atoms with Gasteiger partial charge >= 0.3 is 6.09 Å². The Bertz CT molecular complexity index is 638. The molecule has 0 aliphatic rings. The number of rotatable bonds is 4. The zero-order chi connectivity index (χ0) is 14.8. The smallest absolute Gasteiger partial charge is 0.409 e. The van der Waals surface area contributed by atoms with Gasteiger partial charge in [-0.25, -0.2) is 13.2 Å². The summed E-state index contributed by atoms with van der Waals surface area (Å²) >= 11 is 0. The number of anilines is 1. The molecule has 0 aromatic heterocycles. The van der Waals surface area contributed by atoms with Crippen molar-refractivity contribution < 1.29 is 23.2 Å². The summed E-state index contributed by atoms with van der Waals surface area (Å²) < 4.78 is 23.4. The van der Waals surface area contributed by atoms with Crippen LogP contribution in [0.25, 0.3) is 0 Å². The van der Waals surface area contributed by atoms with Crippen molar-refractivity contribution in [2.45, 2.75) is 18.2 Å². The van der Waals surface area contributed by atoms with Gasteiger partial charge < -0.3 is 5.11 Å². The van der Waals surface area contributed by atoms with E-state index in [4.69, 9.17) is 5.11 Å². The topological polar surface area (TPSA) is 127 Å². The maximum atomic E-state index is 11.7. The zero-order valence-corrected chi connectivity index (χ0v) is 11.0. The minimum Gasteiger partial charge on any atom is -0.465 e. The quantitative estimate of drug-likeness (QED) is 0.640. The van der Waals surface area contributed by atoms with Gasteiger partial charge in [0.25, 0.3) is 5.69 Å². The summed E-state index contributed by atoms with van der Waals surface area (Å²) in [6.07, 6.45) is -0.387. The molecule has 8 nitrogen and oxygen atoms in total. The van der Waals surface area contributed by atoms with Gasteiger partial charge in [0.15, 0.2) is 9.84 Å². The Labute approximate surface area is 109 Å². The standard InChI is InChI=1S/C10H12N2O6S/c1-3-6-7(11-10(13)14)4-5-8(12(15)16)9(6)19(2,17)18/h4-5,11H,3H2,1-2H3,(H,13,14). The maximum absolute atomic E-state index is 11.7. The van der Waals surface area contributed by atoms with Gasteiger partial charge in [-0.1, -0.05) is 6.92 Å². The maximum Gasteiger partial charge on any atom is 0.409 e. The van der Waals surface area contributed by atoms with Gasteiger partial charge in [0.2, 0.25) is 0 Å². The molecule has 0 fully saturated rings. The SMILES string of the molecule is CCc1c(NC(=O)O)ccc([N+](=O)[O-])c1S(C)(=O)=O. The van der Waals surface area contributed by atoms with Crippen molar-refractivity contribution in [1.82, 2.24) is 0 Å². The summed E-state index contributed by atoms with van der Waals surface area (Å²) in [5.74, 6) is 0. The average molecular weight is 288 g/mol. The summed E-state index contributed by atoms with van der Waals surface area (Å²) in [7, 11) is -3.85. The Kier molecular flexibility index (Phi) is 4.10. The van der Waals surface area contributed by atoms with Crippen LogP contribution in [0.4, 0.5) is 16.2 Å². The Morgan fingerprint density at radius 3 is 2.42 bits per heavy atom. The molecule has 9 heteroatoms. The molecule has 0 radical (unpaired) electrons. The molecule has 0 spiro atoms. The zero-order valence-electron chi connectivity index (χ0n) is 10.2. The van der Waals surface area contributed by atoms with E-state index in [0.717, 1.165) is 12.3 Å². The highest BCUT2D eigenvalue weighted by molar-refractivity contribution is 7.91. The third-order valence-corrected chi connectivity index (χ3v) is 3.60. The predicted molar refractivity (Wildman–Crippen MR) is 67.2 cm³/mol. The van der Waals surface area contributed by atoms with Crippen LogP contribution in [0, 0.1) is 10.1 Å². The summed E-state index contributed by atoms with van der Waals surface area (Å²) in [5, 5.41) is 21.6. The molecule has 0 saturated heterocycles. The minimum atomic E-state index is -3.85. The monoisotopic (exact) mass is 288 g/mol. The van der Waals surface area contributed by atoms with Crippen molar-refractivity contribution >= 4 is 27.3 Å². The fraction of sp³-hybridized carbons (Fsp3) is 0.300. The molecular weight excluding hydrogens is 276 g/mol. The first kappa shape index (κ1) is 14.9. The number of hydrogen-bond acceptors (Lipinski definition) is 5. The predicted octanol–water partition coefficient (Wildman–Crippen LogP) is 1.65. The van der Waals surface area contributed by atoms with Crippen molar-refractivity contribution in [2.75, 3.05) is 11.6 Å². The Hall–Kier alpha value is -2.16. The van der Waals surface area contributed by atoms with Crippen LogP contribution >= 0.6 is 0 Å². The number of nitro groups is 1. The lowest BCUT2D eigenvalue weighted by Gasteiger charge is -2.12. The van der Waals surface area contributed by atoms with Crippen molar-refractivity contribution in [3.63, 3.8) is 0 Å². The second kappa shape index (κ2) is 5.22. The van der Waals surface area contributed by atoms with Crippen LogP contribution in [0.1, 0.15) is 12.5 Å². The molecule has 0 bridgehead atoms. The highest BCUT2D eigenvalue weighted by Gasteiger charge is 2.27. The highest BCUT2D eigenvalue weighted by Crippen LogP contribution is 2.33.